The summed E-state index contributed by atoms with van der Waals surface area (Å²) in [6, 6.07) is 1.29. The molecule has 11 heteroatoms. The van der Waals surface area contributed by atoms with Gasteiger partial charge in [0.25, 0.3) is 5.91 Å². The molecule has 1 fully saturated rings. The molecule has 1 aromatic heterocycles. The predicted molar refractivity (Wildman–Crippen MR) is 114 cm³/mol. The second kappa shape index (κ2) is 11.0. The molecule has 0 saturated carbocycles. The molecule has 0 bridgehead atoms. The van der Waals surface area contributed by atoms with Crippen molar-refractivity contribution < 1.29 is 32.7 Å². The highest BCUT2D eigenvalue weighted by Crippen LogP contribution is 2.27. The van der Waals surface area contributed by atoms with Gasteiger partial charge in [-0.15, -0.1) is 0 Å². The number of nitrogens with one attached hydrogen (secondary N) is 2. The van der Waals surface area contributed by atoms with Gasteiger partial charge < -0.3 is 20.6 Å². The molecule has 0 spiro atoms. The van der Waals surface area contributed by atoms with E-state index >= 15 is 0 Å². The highest BCUT2D eigenvalue weighted by molar-refractivity contribution is 5.97. The number of nitrogens with zero attached hydrogens (tertiary/aromatic N) is 2. The molecule has 1 aromatic rings. The van der Waals surface area contributed by atoms with Crippen LogP contribution in [0.25, 0.3) is 0 Å². The fourth-order valence-electron chi connectivity index (χ4n) is 3.78. The number of halogens is 3. The van der Waals surface area contributed by atoms with Gasteiger partial charge in [0.1, 0.15) is 17.8 Å². The summed E-state index contributed by atoms with van der Waals surface area (Å²) in [5.41, 5.74) is 0.132. The zero-order chi connectivity index (χ0) is 24.9. The van der Waals surface area contributed by atoms with Gasteiger partial charge in [-0.1, -0.05) is 33.8 Å². The van der Waals surface area contributed by atoms with Crippen LogP contribution >= 0.6 is 0 Å². The van der Waals surface area contributed by atoms with Gasteiger partial charge >= 0.3 is 6.18 Å². The maximum absolute atomic E-state index is 13.3. The van der Waals surface area contributed by atoms with Crippen molar-refractivity contribution >= 4 is 17.7 Å². The molecule has 2 unspecified atom stereocenters. The van der Waals surface area contributed by atoms with E-state index in [4.69, 9.17) is 0 Å². The topological polar surface area (TPSA) is 112 Å². The largest absolute Gasteiger partial charge is 0.416 e. The highest BCUT2D eigenvalue weighted by atomic mass is 19.4. The number of pyridine rings is 1. The third kappa shape index (κ3) is 6.66. The molecule has 1 aliphatic heterocycles. The van der Waals surface area contributed by atoms with Crippen molar-refractivity contribution in [2.45, 2.75) is 70.9 Å². The molecule has 2 rings (SSSR count). The molecule has 0 aromatic carbocycles. The van der Waals surface area contributed by atoms with Crippen LogP contribution in [-0.4, -0.2) is 69.7 Å². The lowest BCUT2D eigenvalue weighted by Gasteiger charge is -2.33. The summed E-state index contributed by atoms with van der Waals surface area (Å²) in [5.74, 6) is -2.82. The van der Waals surface area contributed by atoms with Crippen LogP contribution < -0.4 is 10.6 Å². The number of alkyl halides is 3. The number of hydrogen-bond donors (Lipinski definition) is 3. The van der Waals surface area contributed by atoms with Crippen LogP contribution in [0.2, 0.25) is 0 Å². The summed E-state index contributed by atoms with van der Waals surface area (Å²) in [4.78, 5) is 43.9. The van der Waals surface area contributed by atoms with Crippen LogP contribution in [-0.2, 0) is 9.59 Å². The number of aromatic nitrogens is 1. The van der Waals surface area contributed by atoms with Crippen LogP contribution in [0.4, 0.5) is 13.2 Å². The maximum atomic E-state index is 13.3. The van der Waals surface area contributed by atoms with Crippen LogP contribution in [0.5, 0.6) is 0 Å². The quantitative estimate of drug-likeness (QED) is 0.535. The van der Waals surface area contributed by atoms with Crippen molar-refractivity contribution in [3.63, 3.8) is 0 Å². The standard InChI is InChI=1S/C22H31F3N4O4/c1-12(2)16(18(30)22(23,24)25)27-20(32)15-9-7-11-29(15)21(33)17(13(3)4)28-19(31)14-8-5-6-10-26-14/h5-6,8,10,12-13,15-18,30H,7,9,11H2,1-4H3,(H,27,32)(H,28,31)/t15-,16?,17-,18?/m0/s1. The highest BCUT2D eigenvalue weighted by Gasteiger charge is 2.46. The molecule has 8 nitrogen and oxygen atoms in total. The molecular formula is C22H31F3N4O4. The maximum Gasteiger partial charge on any atom is 0.416 e. The molecule has 1 saturated heterocycles. The minimum atomic E-state index is -4.90. The summed E-state index contributed by atoms with van der Waals surface area (Å²) >= 11 is 0. The Morgan fingerprint density at radius 1 is 1.12 bits per heavy atom. The van der Waals surface area contributed by atoms with Gasteiger partial charge in [-0.25, -0.2) is 0 Å². The Hall–Kier alpha value is -2.69. The zero-order valence-electron chi connectivity index (χ0n) is 19.1. The lowest BCUT2D eigenvalue weighted by atomic mass is 9.97. The molecule has 2 heterocycles. The average Bonchev–Trinajstić information content (AvgIpc) is 3.24. The summed E-state index contributed by atoms with van der Waals surface area (Å²) in [6.07, 6.45) is -5.43. The van der Waals surface area contributed by atoms with E-state index in [-0.39, 0.29) is 24.6 Å². The smallest absolute Gasteiger partial charge is 0.382 e. The molecule has 33 heavy (non-hydrogen) atoms. The van der Waals surface area contributed by atoms with E-state index in [1.807, 2.05) is 0 Å². The Kier molecular flexibility index (Phi) is 8.82. The average molecular weight is 473 g/mol. The number of aliphatic hydroxyl groups excluding tert-OH is 1. The predicted octanol–water partition coefficient (Wildman–Crippen LogP) is 1.89. The van der Waals surface area contributed by atoms with Gasteiger partial charge in [0.2, 0.25) is 11.8 Å². The number of likely N-dealkylation sites (tertiary alicyclic amines) is 1. The van der Waals surface area contributed by atoms with Crippen molar-refractivity contribution in [1.29, 1.82) is 0 Å². The molecule has 3 amide bonds. The van der Waals surface area contributed by atoms with Gasteiger partial charge in [0, 0.05) is 12.7 Å². The van der Waals surface area contributed by atoms with E-state index in [2.05, 4.69) is 15.6 Å². The van der Waals surface area contributed by atoms with E-state index in [1.54, 1.807) is 26.0 Å². The van der Waals surface area contributed by atoms with Gasteiger partial charge in [-0.3, -0.25) is 19.4 Å². The monoisotopic (exact) mass is 472 g/mol. The number of carbonyl (C=O) groups is 3. The third-order valence-corrected chi connectivity index (χ3v) is 5.66. The van der Waals surface area contributed by atoms with Gasteiger partial charge in [-0.05, 0) is 36.8 Å². The molecule has 4 atom stereocenters. The van der Waals surface area contributed by atoms with E-state index < -0.39 is 54.0 Å². The number of carbonyl (C=O) groups excluding carboxylic acids is 3. The Morgan fingerprint density at radius 3 is 2.30 bits per heavy atom. The zero-order valence-corrected chi connectivity index (χ0v) is 19.1. The van der Waals surface area contributed by atoms with Crippen molar-refractivity contribution in [1.82, 2.24) is 20.5 Å². The lowest BCUT2D eigenvalue weighted by molar-refractivity contribution is -0.215. The number of amides is 3. The van der Waals surface area contributed by atoms with Crippen molar-refractivity contribution in [2.24, 2.45) is 11.8 Å². The first-order valence-corrected chi connectivity index (χ1v) is 10.9. The number of rotatable bonds is 8. The van der Waals surface area contributed by atoms with E-state index in [9.17, 15) is 32.7 Å². The fraction of sp³-hybridized carbons (Fsp3) is 0.636. The Balaban J connectivity index is 2.16. The molecule has 0 aliphatic carbocycles. The SMILES string of the molecule is CC(C)C(NC(=O)[C@@H]1CCCN1C(=O)[C@@H](NC(=O)c1ccccn1)C(C)C)C(O)C(F)(F)F. The third-order valence-electron chi connectivity index (χ3n) is 5.66. The summed E-state index contributed by atoms with van der Waals surface area (Å²) in [5, 5.41) is 14.6. The molecular weight excluding hydrogens is 441 g/mol. The Labute approximate surface area is 190 Å². The fourth-order valence-corrected chi connectivity index (χ4v) is 3.78. The van der Waals surface area contributed by atoms with E-state index in [1.165, 1.54) is 31.0 Å². The van der Waals surface area contributed by atoms with E-state index in [0.717, 1.165) is 0 Å². The van der Waals surface area contributed by atoms with Crippen molar-refractivity contribution in [3.05, 3.63) is 30.1 Å². The van der Waals surface area contributed by atoms with Crippen molar-refractivity contribution in [2.75, 3.05) is 6.54 Å². The van der Waals surface area contributed by atoms with Crippen LogP contribution in [0.3, 0.4) is 0 Å². The Bertz CT molecular complexity index is 833. The summed E-state index contributed by atoms with van der Waals surface area (Å²) in [7, 11) is 0. The summed E-state index contributed by atoms with van der Waals surface area (Å²) in [6.45, 7) is 6.62. The Morgan fingerprint density at radius 2 is 1.79 bits per heavy atom. The van der Waals surface area contributed by atoms with Crippen LogP contribution in [0.15, 0.2) is 24.4 Å². The molecule has 0 radical (unpaired) electrons. The lowest BCUT2D eigenvalue weighted by Crippen LogP contribution is -2.59. The molecule has 3 N–H and O–H groups in total. The first-order valence-electron chi connectivity index (χ1n) is 10.9. The minimum Gasteiger partial charge on any atom is -0.382 e. The first-order chi connectivity index (χ1) is 15.3. The normalized spacial score (nSPS) is 19.3. The summed E-state index contributed by atoms with van der Waals surface area (Å²) < 4.78 is 39.1. The van der Waals surface area contributed by atoms with Crippen LogP contribution in [0.1, 0.15) is 51.0 Å². The number of aliphatic hydroxyl groups is 1. The van der Waals surface area contributed by atoms with Crippen LogP contribution in [0, 0.1) is 11.8 Å². The van der Waals surface area contributed by atoms with E-state index in [0.29, 0.717) is 6.42 Å². The van der Waals surface area contributed by atoms with Gasteiger partial charge in [0.15, 0.2) is 6.10 Å². The second-order valence-corrected chi connectivity index (χ2v) is 8.86. The molecule has 1 aliphatic rings. The van der Waals surface area contributed by atoms with Gasteiger partial charge in [0.05, 0.1) is 6.04 Å². The second-order valence-electron chi connectivity index (χ2n) is 8.86. The molecule has 184 valence electrons. The van der Waals surface area contributed by atoms with Gasteiger partial charge in [-0.2, -0.15) is 13.2 Å². The first kappa shape index (κ1) is 26.6. The van der Waals surface area contributed by atoms with Crippen molar-refractivity contribution in [3.8, 4) is 0 Å². The number of hydrogen-bond acceptors (Lipinski definition) is 5. The minimum absolute atomic E-state index is 0.132.